The summed E-state index contributed by atoms with van der Waals surface area (Å²) in [7, 11) is 0. The van der Waals surface area contributed by atoms with Crippen molar-refractivity contribution >= 4 is 11.6 Å². The lowest BCUT2D eigenvalue weighted by Crippen LogP contribution is -2.20. The van der Waals surface area contributed by atoms with Gasteiger partial charge in [0.25, 0.3) is 0 Å². The van der Waals surface area contributed by atoms with Gasteiger partial charge in [0.05, 0.1) is 0 Å². The number of hydrogen-bond donors (Lipinski definition) is 1. The monoisotopic (exact) mass is 368 g/mol. The van der Waals surface area contributed by atoms with Crippen LogP contribution in [-0.2, 0) is 0 Å². The lowest BCUT2D eigenvalue weighted by molar-refractivity contribution is 0.603. The van der Waals surface area contributed by atoms with E-state index in [-0.39, 0.29) is 11.9 Å². The number of nitrogens with one attached hydrogen (secondary N) is 1. The third kappa shape index (κ3) is 2.97. The van der Waals surface area contributed by atoms with Crippen LogP contribution in [0.4, 0.5) is 10.3 Å². The number of allylic oxidation sites excluding steroid dienone is 1. The Morgan fingerprint density at radius 2 is 1.46 bits per heavy atom. The van der Waals surface area contributed by atoms with Crippen LogP contribution in [0.1, 0.15) is 17.2 Å². The van der Waals surface area contributed by atoms with Crippen LogP contribution in [-0.4, -0.2) is 14.8 Å². The van der Waals surface area contributed by atoms with E-state index >= 15 is 0 Å². The van der Waals surface area contributed by atoms with Crippen molar-refractivity contribution in [2.75, 3.05) is 5.32 Å². The van der Waals surface area contributed by atoms with Gasteiger partial charge in [0.2, 0.25) is 5.95 Å². The highest BCUT2D eigenvalue weighted by molar-refractivity contribution is 5.78. The van der Waals surface area contributed by atoms with Crippen molar-refractivity contribution in [3.8, 4) is 11.1 Å². The van der Waals surface area contributed by atoms with Crippen LogP contribution in [0.15, 0.2) is 91.3 Å². The zero-order valence-electron chi connectivity index (χ0n) is 15.0. The lowest BCUT2D eigenvalue weighted by atomic mass is 9.99. The van der Waals surface area contributed by atoms with E-state index in [1.807, 2.05) is 18.2 Å². The number of fused-ring (bicyclic) bond motifs is 1. The first-order valence-corrected chi connectivity index (χ1v) is 9.07. The molecule has 28 heavy (non-hydrogen) atoms. The summed E-state index contributed by atoms with van der Waals surface area (Å²) in [5.74, 6) is 0.413. The number of rotatable bonds is 3. The summed E-state index contributed by atoms with van der Waals surface area (Å²) in [6.07, 6.45) is 3.61. The molecule has 0 bridgehead atoms. The molecular formula is C23H17FN4. The molecule has 3 aromatic carbocycles. The first kappa shape index (κ1) is 16.4. The zero-order chi connectivity index (χ0) is 18.9. The molecule has 1 aliphatic rings. The van der Waals surface area contributed by atoms with Crippen LogP contribution < -0.4 is 5.32 Å². The quantitative estimate of drug-likeness (QED) is 0.544. The van der Waals surface area contributed by atoms with Gasteiger partial charge in [-0.15, -0.1) is 0 Å². The first-order chi connectivity index (χ1) is 13.8. The lowest BCUT2D eigenvalue weighted by Gasteiger charge is -2.24. The van der Waals surface area contributed by atoms with Crippen LogP contribution in [0.25, 0.3) is 16.8 Å². The molecule has 4 nitrogen and oxygen atoms in total. The van der Waals surface area contributed by atoms with Gasteiger partial charge in [0.1, 0.15) is 18.2 Å². The second-order valence-corrected chi connectivity index (χ2v) is 6.67. The van der Waals surface area contributed by atoms with Gasteiger partial charge in [-0.1, -0.05) is 66.7 Å². The smallest absolute Gasteiger partial charge is 0.226 e. The van der Waals surface area contributed by atoms with Crippen molar-refractivity contribution in [3.05, 3.63) is 108 Å². The van der Waals surface area contributed by atoms with E-state index in [2.05, 4.69) is 57.9 Å². The van der Waals surface area contributed by atoms with E-state index in [0.717, 1.165) is 16.8 Å². The molecule has 0 saturated heterocycles. The molecule has 136 valence electrons. The number of benzene rings is 3. The summed E-state index contributed by atoms with van der Waals surface area (Å²) in [5.41, 5.74) is 5.31. The molecule has 1 atom stereocenters. The van der Waals surface area contributed by atoms with Gasteiger partial charge in [-0.2, -0.15) is 10.1 Å². The van der Waals surface area contributed by atoms with E-state index < -0.39 is 0 Å². The molecule has 0 spiro atoms. The summed E-state index contributed by atoms with van der Waals surface area (Å²) in [5, 5.41) is 7.66. The first-order valence-electron chi connectivity index (χ1n) is 9.07. The third-order valence-corrected chi connectivity index (χ3v) is 4.92. The second-order valence-electron chi connectivity index (χ2n) is 6.67. The Kier molecular flexibility index (Phi) is 3.98. The fourth-order valence-electron chi connectivity index (χ4n) is 3.47. The molecule has 1 aromatic heterocycles. The molecule has 0 amide bonds. The molecular weight excluding hydrogens is 351 g/mol. The van der Waals surface area contributed by atoms with Crippen molar-refractivity contribution in [2.45, 2.75) is 6.04 Å². The normalized spacial score (nSPS) is 15.5. The second kappa shape index (κ2) is 6.78. The maximum absolute atomic E-state index is 13.3. The Labute approximate surface area is 162 Å². The average molecular weight is 368 g/mol. The van der Waals surface area contributed by atoms with Crippen LogP contribution in [0.5, 0.6) is 0 Å². The molecule has 0 radical (unpaired) electrons. The summed E-state index contributed by atoms with van der Waals surface area (Å²) in [4.78, 5) is 4.32. The molecule has 1 unspecified atom stereocenters. The summed E-state index contributed by atoms with van der Waals surface area (Å²) < 4.78 is 15.1. The Hall–Kier alpha value is -3.73. The van der Waals surface area contributed by atoms with Crippen LogP contribution in [0, 0.1) is 5.82 Å². The molecule has 1 aliphatic heterocycles. The molecule has 4 aromatic rings. The van der Waals surface area contributed by atoms with Crippen LogP contribution in [0.3, 0.4) is 0 Å². The van der Waals surface area contributed by atoms with Gasteiger partial charge >= 0.3 is 0 Å². The Morgan fingerprint density at radius 3 is 2.21 bits per heavy atom. The topological polar surface area (TPSA) is 42.7 Å². The predicted octanol–water partition coefficient (Wildman–Crippen LogP) is 5.14. The standard InChI is InChI=1S/C23H17FN4/c24-20-12-10-19(11-13-20)22-14-21(27-23-25-15-26-28(22)23)18-8-6-17(7-9-18)16-4-2-1-3-5-16/h1-15,22H,(H,25,26,27). The van der Waals surface area contributed by atoms with Crippen LogP contribution >= 0.6 is 0 Å². The zero-order valence-corrected chi connectivity index (χ0v) is 15.0. The van der Waals surface area contributed by atoms with Gasteiger partial charge in [-0.05, 0) is 40.5 Å². The van der Waals surface area contributed by atoms with Crippen molar-refractivity contribution in [3.63, 3.8) is 0 Å². The van der Waals surface area contributed by atoms with Crippen LogP contribution in [0.2, 0.25) is 0 Å². The van der Waals surface area contributed by atoms with Gasteiger partial charge in [0, 0.05) is 5.70 Å². The average Bonchev–Trinajstić information content (AvgIpc) is 3.23. The van der Waals surface area contributed by atoms with Crippen molar-refractivity contribution in [2.24, 2.45) is 0 Å². The highest BCUT2D eigenvalue weighted by atomic mass is 19.1. The Balaban J connectivity index is 1.52. The molecule has 0 fully saturated rings. The minimum absolute atomic E-state index is 0.150. The Bertz CT molecular complexity index is 1130. The molecule has 2 heterocycles. The number of hydrogen-bond acceptors (Lipinski definition) is 3. The van der Waals surface area contributed by atoms with Gasteiger partial charge < -0.3 is 5.32 Å². The molecule has 5 rings (SSSR count). The number of anilines is 1. The summed E-state index contributed by atoms with van der Waals surface area (Å²) >= 11 is 0. The predicted molar refractivity (Wildman–Crippen MR) is 108 cm³/mol. The highest BCUT2D eigenvalue weighted by Gasteiger charge is 2.23. The van der Waals surface area contributed by atoms with E-state index in [4.69, 9.17) is 0 Å². The number of aromatic nitrogens is 3. The fraction of sp³-hybridized carbons (Fsp3) is 0.0435. The van der Waals surface area contributed by atoms with Crippen molar-refractivity contribution < 1.29 is 4.39 Å². The van der Waals surface area contributed by atoms with E-state index in [1.165, 1.54) is 29.6 Å². The highest BCUT2D eigenvalue weighted by Crippen LogP contribution is 2.32. The van der Waals surface area contributed by atoms with E-state index in [1.54, 1.807) is 16.8 Å². The molecule has 0 saturated carbocycles. The summed E-state index contributed by atoms with van der Waals surface area (Å²) in [6.45, 7) is 0. The number of halogens is 1. The SMILES string of the molecule is Fc1ccc(C2C=C(c3ccc(-c4ccccc4)cc3)Nc3ncnn32)cc1. The molecule has 1 N–H and O–H groups in total. The van der Waals surface area contributed by atoms with Crippen molar-refractivity contribution in [1.29, 1.82) is 0 Å². The summed E-state index contributed by atoms with van der Waals surface area (Å²) in [6, 6.07) is 25.0. The van der Waals surface area contributed by atoms with Crippen molar-refractivity contribution in [1.82, 2.24) is 14.8 Å². The van der Waals surface area contributed by atoms with E-state index in [9.17, 15) is 4.39 Å². The maximum atomic E-state index is 13.3. The van der Waals surface area contributed by atoms with Gasteiger partial charge in [-0.3, -0.25) is 0 Å². The van der Waals surface area contributed by atoms with E-state index in [0.29, 0.717) is 5.95 Å². The third-order valence-electron chi connectivity index (χ3n) is 4.92. The molecule has 0 aliphatic carbocycles. The Morgan fingerprint density at radius 1 is 0.786 bits per heavy atom. The van der Waals surface area contributed by atoms with Gasteiger partial charge in [0.15, 0.2) is 0 Å². The molecule has 5 heteroatoms. The minimum atomic E-state index is -0.253. The number of nitrogens with zero attached hydrogens (tertiary/aromatic N) is 3. The van der Waals surface area contributed by atoms with Gasteiger partial charge in [-0.25, -0.2) is 9.07 Å². The maximum Gasteiger partial charge on any atom is 0.226 e. The largest absolute Gasteiger partial charge is 0.324 e. The minimum Gasteiger partial charge on any atom is -0.324 e. The fourth-order valence-corrected chi connectivity index (χ4v) is 3.47.